The van der Waals surface area contributed by atoms with Crippen molar-refractivity contribution >= 4 is 5.97 Å². The first-order valence-corrected chi connectivity index (χ1v) is 8.95. The Labute approximate surface area is 133 Å². The first-order valence-electron chi connectivity index (χ1n) is 8.95. The summed E-state index contributed by atoms with van der Waals surface area (Å²) < 4.78 is 0. The molecule has 0 heterocycles. The van der Waals surface area contributed by atoms with Gasteiger partial charge in [-0.3, -0.25) is 0 Å². The third kappa shape index (κ3) is 24.6. The molecule has 2 heteroatoms. The summed E-state index contributed by atoms with van der Waals surface area (Å²) in [6.07, 6.45) is 18.9. The molecule has 0 amide bonds. The zero-order chi connectivity index (χ0) is 16.3. The average molecular weight is 299 g/mol. The number of hydrogen-bond donors (Lipinski definition) is 1. The van der Waals surface area contributed by atoms with Crippen molar-refractivity contribution in [2.75, 3.05) is 0 Å². The number of rotatable bonds is 13. The molecular weight excluding hydrogens is 260 g/mol. The molecule has 0 aromatic rings. The van der Waals surface area contributed by atoms with Gasteiger partial charge in [-0.1, -0.05) is 104 Å². The van der Waals surface area contributed by atoms with E-state index < -0.39 is 5.97 Å². The zero-order valence-corrected chi connectivity index (χ0v) is 14.8. The van der Waals surface area contributed by atoms with E-state index in [2.05, 4.69) is 20.4 Å². The molecule has 2 nitrogen and oxygen atoms in total. The van der Waals surface area contributed by atoms with E-state index in [1.54, 1.807) is 0 Å². The summed E-state index contributed by atoms with van der Waals surface area (Å²) in [5.74, 6) is -0.935. The molecule has 1 N–H and O–H groups in total. The van der Waals surface area contributed by atoms with Gasteiger partial charge in [-0.2, -0.15) is 0 Å². The minimum atomic E-state index is -0.935. The Hall–Kier alpha value is -0.790. The number of aliphatic carboxylic acids is 1. The molecular formula is C19H38O2. The molecule has 0 aliphatic rings. The van der Waals surface area contributed by atoms with Crippen molar-refractivity contribution in [3.05, 3.63) is 12.2 Å². The van der Waals surface area contributed by atoms with Crippen molar-refractivity contribution in [2.24, 2.45) is 0 Å². The number of carboxylic acids is 1. The molecule has 0 aromatic carbocycles. The van der Waals surface area contributed by atoms with E-state index in [0.717, 1.165) is 0 Å². The van der Waals surface area contributed by atoms with Crippen molar-refractivity contribution in [2.45, 2.75) is 104 Å². The fraction of sp³-hybridized carbons (Fsp3) is 0.842. The number of unbranched alkanes of at least 4 members (excludes halogenated alkanes) is 12. The first-order chi connectivity index (χ1) is 10.1. The fourth-order valence-electron chi connectivity index (χ4n) is 2.09. The normalized spacial score (nSPS) is 9.86. The van der Waals surface area contributed by atoms with E-state index in [1.807, 2.05) is 0 Å². The van der Waals surface area contributed by atoms with Gasteiger partial charge < -0.3 is 5.11 Å². The molecule has 126 valence electrons. The van der Waals surface area contributed by atoms with Crippen LogP contribution in [0.3, 0.4) is 0 Å². The highest BCUT2D eigenvalue weighted by Gasteiger charge is 1.92. The van der Waals surface area contributed by atoms with Crippen molar-refractivity contribution in [1.82, 2.24) is 0 Å². The van der Waals surface area contributed by atoms with Gasteiger partial charge in [0.2, 0.25) is 0 Å². The lowest BCUT2D eigenvalue weighted by Crippen LogP contribution is -1.92. The van der Waals surface area contributed by atoms with Crippen LogP contribution >= 0.6 is 0 Å². The maximum Gasteiger partial charge on any atom is 0.330 e. The lowest BCUT2D eigenvalue weighted by Gasteiger charge is -2.01. The van der Waals surface area contributed by atoms with Gasteiger partial charge >= 0.3 is 5.97 Å². The Morgan fingerprint density at radius 1 is 0.714 bits per heavy atom. The SMILES string of the molecule is C=C(C)C(=O)O.CCCCCCCCCCCCCCC. The summed E-state index contributed by atoms with van der Waals surface area (Å²) in [6, 6.07) is 0. The number of hydrogen-bond acceptors (Lipinski definition) is 1. The summed E-state index contributed by atoms with van der Waals surface area (Å²) in [4.78, 5) is 9.60. The maximum atomic E-state index is 9.60. The van der Waals surface area contributed by atoms with E-state index in [-0.39, 0.29) is 5.57 Å². The predicted molar refractivity (Wildman–Crippen MR) is 93.8 cm³/mol. The van der Waals surface area contributed by atoms with Gasteiger partial charge in [-0.15, -0.1) is 0 Å². The second-order valence-corrected chi connectivity index (χ2v) is 5.97. The van der Waals surface area contributed by atoms with Crippen LogP contribution in [0.2, 0.25) is 0 Å². The molecule has 21 heavy (non-hydrogen) atoms. The van der Waals surface area contributed by atoms with Gasteiger partial charge in [-0.25, -0.2) is 4.79 Å². The van der Waals surface area contributed by atoms with Crippen LogP contribution in [0.4, 0.5) is 0 Å². The fourth-order valence-corrected chi connectivity index (χ4v) is 2.09. The number of carboxylic acid groups (broad SMARTS) is 1. The second-order valence-electron chi connectivity index (χ2n) is 5.97. The summed E-state index contributed by atoms with van der Waals surface area (Å²) in [6.45, 7) is 9.18. The summed E-state index contributed by atoms with van der Waals surface area (Å²) in [5, 5.41) is 7.89. The summed E-state index contributed by atoms with van der Waals surface area (Å²) in [5.41, 5.74) is 0.176. The Morgan fingerprint density at radius 3 is 1.05 bits per heavy atom. The zero-order valence-electron chi connectivity index (χ0n) is 14.8. The molecule has 0 radical (unpaired) electrons. The van der Waals surface area contributed by atoms with Crippen molar-refractivity contribution in [3.63, 3.8) is 0 Å². The van der Waals surface area contributed by atoms with Gasteiger partial charge in [0.05, 0.1) is 0 Å². The van der Waals surface area contributed by atoms with E-state index in [1.165, 1.54) is 90.4 Å². The third-order valence-corrected chi connectivity index (χ3v) is 3.57. The lowest BCUT2D eigenvalue weighted by atomic mass is 10.1. The minimum Gasteiger partial charge on any atom is -0.478 e. The van der Waals surface area contributed by atoms with E-state index in [0.29, 0.717) is 0 Å². The Kier molecular flexibility index (Phi) is 20.6. The molecule has 0 saturated carbocycles. The molecule has 0 aromatic heterocycles. The van der Waals surface area contributed by atoms with Crippen LogP contribution in [0.15, 0.2) is 12.2 Å². The van der Waals surface area contributed by atoms with Crippen LogP contribution in [0, 0.1) is 0 Å². The average Bonchev–Trinajstić information content (AvgIpc) is 2.45. The van der Waals surface area contributed by atoms with Crippen molar-refractivity contribution in [1.29, 1.82) is 0 Å². The molecule has 0 aliphatic heterocycles. The molecule has 0 saturated heterocycles. The van der Waals surface area contributed by atoms with Gasteiger partial charge in [-0.05, 0) is 6.92 Å². The van der Waals surface area contributed by atoms with E-state index >= 15 is 0 Å². The maximum absolute atomic E-state index is 9.60. The summed E-state index contributed by atoms with van der Waals surface area (Å²) in [7, 11) is 0. The largest absolute Gasteiger partial charge is 0.478 e. The van der Waals surface area contributed by atoms with Crippen LogP contribution in [0.5, 0.6) is 0 Å². The lowest BCUT2D eigenvalue weighted by molar-refractivity contribution is -0.132. The van der Waals surface area contributed by atoms with Gasteiger partial charge in [0.15, 0.2) is 0 Å². The van der Waals surface area contributed by atoms with Crippen LogP contribution in [-0.2, 0) is 4.79 Å². The highest BCUT2D eigenvalue weighted by Crippen LogP contribution is 2.12. The van der Waals surface area contributed by atoms with Crippen LogP contribution in [0.25, 0.3) is 0 Å². The predicted octanol–water partition coefficient (Wildman–Crippen LogP) is 6.74. The van der Waals surface area contributed by atoms with Crippen LogP contribution < -0.4 is 0 Å². The Bertz CT molecular complexity index is 210. The molecule has 0 bridgehead atoms. The molecule has 0 fully saturated rings. The van der Waals surface area contributed by atoms with Crippen LogP contribution in [0.1, 0.15) is 104 Å². The minimum absolute atomic E-state index is 0.176. The van der Waals surface area contributed by atoms with E-state index in [4.69, 9.17) is 5.11 Å². The topological polar surface area (TPSA) is 37.3 Å². The molecule has 0 aliphatic carbocycles. The molecule has 0 unspecified atom stereocenters. The van der Waals surface area contributed by atoms with E-state index in [9.17, 15) is 4.79 Å². The molecule has 0 atom stereocenters. The number of carbonyl (C=O) groups is 1. The highest BCUT2D eigenvalue weighted by molar-refractivity contribution is 5.84. The van der Waals surface area contributed by atoms with Crippen LogP contribution in [-0.4, -0.2) is 11.1 Å². The smallest absolute Gasteiger partial charge is 0.330 e. The van der Waals surface area contributed by atoms with Gasteiger partial charge in [0, 0.05) is 5.57 Å². The highest BCUT2D eigenvalue weighted by atomic mass is 16.4. The van der Waals surface area contributed by atoms with Crippen molar-refractivity contribution in [3.8, 4) is 0 Å². The van der Waals surface area contributed by atoms with Gasteiger partial charge in [0.25, 0.3) is 0 Å². The quantitative estimate of drug-likeness (QED) is 0.302. The molecule has 0 spiro atoms. The van der Waals surface area contributed by atoms with Crippen molar-refractivity contribution < 1.29 is 9.90 Å². The van der Waals surface area contributed by atoms with Gasteiger partial charge in [0.1, 0.15) is 0 Å². The second kappa shape index (κ2) is 19.2. The summed E-state index contributed by atoms with van der Waals surface area (Å²) >= 11 is 0. The third-order valence-electron chi connectivity index (χ3n) is 3.57. The standard InChI is InChI=1S/C15H32.C4H6O2/c1-3-5-7-9-11-13-15-14-12-10-8-6-4-2;1-3(2)4(5)6/h3-15H2,1-2H3;1H2,2H3,(H,5,6). The molecule has 0 rings (SSSR count). The Morgan fingerprint density at radius 2 is 0.905 bits per heavy atom. The monoisotopic (exact) mass is 298 g/mol. The first kappa shape index (κ1) is 22.5. The Balaban J connectivity index is 0.